The molecule has 0 amide bonds. The van der Waals surface area contributed by atoms with Crippen molar-refractivity contribution in [1.82, 2.24) is 4.98 Å². The summed E-state index contributed by atoms with van der Waals surface area (Å²) in [5.41, 5.74) is 8.91. The summed E-state index contributed by atoms with van der Waals surface area (Å²) in [7, 11) is 0. The van der Waals surface area contributed by atoms with Crippen molar-refractivity contribution in [2.75, 3.05) is 5.73 Å². The van der Waals surface area contributed by atoms with Crippen molar-refractivity contribution in [2.24, 2.45) is 0 Å². The van der Waals surface area contributed by atoms with Crippen LogP contribution in [0.15, 0.2) is 59.2 Å². The number of pyridine rings is 1. The minimum absolute atomic E-state index is 0.0621. The molecule has 0 aliphatic heterocycles. The Morgan fingerprint density at radius 3 is 2.76 bits per heavy atom. The lowest BCUT2D eigenvalue weighted by Crippen LogP contribution is -2.05. The predicted molar refractivity (Wildman–Crippen MR) is 88.3 cm³/mol. The molecule has 3 aromatic rings. The fourth-order valence-corrected chi connectivity index (χ4v) is 2.66. The number of nitrogen functional groups attached to an aromatic ring is 1. The van der Waals surface area contributed by atoms with Gasteiger partial charge in [0, 0.05) is 33.7 Å². The van der Waals surface area contributed by atoms with Gasteiger partial charge < -0.3 is 5.73 Å². The Balaban J connectivity index is 1.94. The lowest BCUT2D eigenvalue weighted by molar-refractivity contribution is 0.0993. The molecule has 104 valence electrons. The van der Waals surface area contributed by atoms with E-state index in [1.807, 2.05) is 30.3 Å². The van der Waals surface area contributed by atoms with Crippen LogP contribution in [0.1, 0.15) is 15.9 Å². The van der Waals surface area contributed by atoms with E-state index in [0.29, 0.717) is 17.7 Å². The van der Waals surface area contributed by atoms with Gasteiger partial charge >= 0.3 is 0 Å². The van der Waals surface area contributed by atoms with Gasteiger partial charge in [-0.25, -0.2) is 0 Å². The van der Waals surface area contributed by atoms with E-state index in [1.165, 1.54) is 0 Å². The second-order valence-corrected chi connectivity index (χ2v) is 5.68. The molecule has 0 fully saturated rings. The molecule has 3 rings (SSSR count). The number of carbonyl (C=O) groups excluding carboxylic acids is 1. The lowest BCUT2D eigenvalue weighted by atomic mass is 10.00. The Bertz CT molecular complexity index is 825. The summed E-state index contributed by atoms with van der Waals surface area (Å²) in [5.74, 6) is 0.0621. The first-order chi connectivity index (χ1) is 10.1. The number of rotatable bonds is 3. The first-order valence-electron chi connectivity index (χ1n) is 6.56. The van der Waals surface area contributed by atoms with Crippen LogP contribution in [-0.2, 0) is 6.42 Å². The van der Waals surface area contributed by atoms with Crippen LogP contribution in [0.25, 0.3) is 10.9 Å². The molecule has 0 bridgehead atoms. The van der Waals surface area contributed by atoms with Crippen molar-refractivity contribution >= 4 is 38.3 Å². The molecule has 21 heavy (non-hydrogen) atoms. The molecule has 4 heteroatoms. The van der Waals surface area contributed by atoms with Gasteiger partial charge in [-0.05, 0) is 51.8 Å². The number of nitrogens with zero attached hydrogens (tertiary/aromatic N) is 1. The number of hydrogen-bond acceptors (Lipinski definition) is 3. The lowest BCUT2D eigenvalue weighted by Gasteiger charge is -2.06. The summed E-state index contributed by atoms with van der Waals surface area (Å²) in [6.07, 6.45) is 2.09. The van der Waals surface area contributed by atoms with Crippen molar-refractivity contribution in [1.29, 1.82) is 0 Å². The number of aromatic nitrogens is 1. The first kappa shape index (κ1) is 13.8. The third kappa shape index (κ3) is 2.81. The smallest absolute Gasteiger partial charge is 0.167 e. The highest BCUT2D eigenvalue weighted by Crippen LogP contribution is 2.23. The minimum atomic E-state index is 0.0621. The molecule has 0 spiro atoms. The molecular formula is C17H13BrN2O. The van der Waals surface area contributed by atoms with Crippen LogP contribution in [0.5, 0.6) is 0 Å². The van der Waals surface area contributed by atoms with E-state index in [2.05, 4.69) is 20.9 Å². The minimum Gasteiger partial charge on any atom is -0.398 e. The Morgan fingerprint density at radius 1 is 1.14 bits per heavy atom. The SMILES string of the molecule is Nc1ccc(C(=O)Cc2ccnc3ccccc23)cc1Br. The predicted octanol–water partition coefficient (Wildman–Crippen LogP) is 4.00. The number of nitrogens with two attached hydrogens (primary N) is 1. The topological polar surface area (TPSA) is 56.0 Å². The van der Waals surface area contributed by atoms with Gasteiger partial charge in [0.25, 0.3) is 0 Å². The third-order valence-electron chi connectivity index (χ3n) is 3.41. The van der Waals surface area contributed by atoms with Gasteiger partial charge in [0.05, 0.1) is 5.52 Å². The molecule has 0 saturated carbocycles. The Labute approximate surface area is 130 Å². The van der Waals surface area contributed by atoms with Crippen LogP contribution in [0, 0.1) is 0 Å². The molecule has 1 aromatic heterocycles. The molecule has 2 N–H and O–H groups in total. The fourth-order valence-electron chi connectivity index (χ4n) is 2.28. The number of fused-ring (bicyclic) bond motifs is 1. The van der Waals surface area contributed by atoms with Crippen LogP contribution in [0.3, 0.4) is 0 Å². The van der Waals surface area contributed by atoms with Gasteiger partial charge in [-0.15, -0.1) is 0 Å². The standard InChI is InChI=1S/C17H13BrN2O/c18-14-9-12(5-6-15(14)19)17(21)10-11-7-8-20-16-4-2-1-3-13(11)16/h1-9H,10,19H2. The quantitative estimate of drug-likeness (QED) is 0.579. The Kier molecular flexibility index (Phi) is 3.71. The van der Waals surface area contributed by atoms with Crippen molar-refractivity contribution in [2.45, 2.75) is 6.42 Å². The van der Waals surface area contributed by atoms with Crippen molar-refractivity contribution in [3.63, 3.8) is 0 Å². The van der Waals surface area contributed by atoms with E-state index in [4.69, 9.17) is 5.73 Å². The van der Waals surface area contributed by atoms with E-state index >= 15 is 0 Å². The van der Waals surface area contributed by atoms with Crippen LogP contribution in [0.4, 0.5) is 5.69 Å². The molecule has 2 aromatic carbocycles. The zero-order valence-electron chi connectivity index (χ0n) is 11.2. The molecular weight excluding hydrogens is 328 g/mol. The molecule has 0 aliphatic carbocycles. The third-order valence-corrected chi connectivity index (χ3v) is 4.10. The summed E-state index contributed by atoms with van der Waals surface area (Å²) in [6.45, 7) is 0. The zero-order chi connectivity index (χ0) is 14.8. The molecule has 0 aliphatic rings. The van der Waals surface area contributed by atoms with E-state index in [0.717, 1.165) is 20.9 Å². The molecule has 0 radical (unpaired) electrons. The molecule has 3 nitrogen and oxygen atoms in total. The summed E-state index contributed by atoms with van der Waals surface area (Å²) in [6, 6.07) is 15.0. The highest BCUT2D eigenvalue weighted by Gasteiger charge is 2.11. The molecule has 0 atom stereocenters. The normalized spacial score (nSPS) is 10.7. The van der Waals surface area contributed by atoms with Crippen LogP contribution < -0.4 is 5.73 Å². The highest BCUT2D eigenvalue weighted by atomic mass is 79.9. The Morgan fingerprint density at radius 2 is 1.95 bits per heavy atom. The average Bonchev–Trinajstić information content (AvgIpc) is 2.50. The maximum Gasteiger partial charge on any atom is 0.167 e. The number of anilines is 1. The largest absolute Gasteiger partial charge is 0.398 e. The van der Waals surface area contributed by atoms with Gasteiger partial charge in [-0.3, -0.25) is 9.78 Å². The number of carbonyl (C=O) groups is 1. The summed E-state index contributed by atoms with van der Waals surface area (Å²) in [4.78, 5) is 16.8. The van der Waals surface area contributed by atoms with Gasteiger partial charge in [0.1, 0.15) is 0 Å². The van der Waals surface area contributed by atoms with Gasteiger partial charge in [-0.2, -0.15) is 0 Å². The number of hydrogen-bond donors (Lipinski definition) is 1. The van der Waals surface area contributed by atoms with Gasteiger partial charge in [0.2, 0.25) is 0 Å². The van der Waals surface area contributed by atoms with Crippen molar-refractivity contribution in [3.05, 3.63) is 70.3 Å². The van der Waals surface area contributed by atoms with E-state index in [9.17, 15) is 4.79 Å². The molecule has 0 saturated heterocycles. The van der Waals surface area contributed by atoms with E-state index < -0.39 is 0 Å². The Hall–Kier alpha value is -2.20. The summed E-state index contributed by atoms with van der Waals surface area (Å²) in [5, 5.41) is 1.02. The van der Waals surface area contributed by atoms with E-state index in [-0.39, 0.29) is 5.78 Å². The first-order valence-corrected chi connectivity index (χ1v) is 7.35. The average molecular weight is 341 g/mol. The zero-order valence-corrected chi connectivity index (χ0v) is 12.8. The summed E-state index contributed by atoms with van der Waals surface area (Å²) < 4.78 is 0.743. The number of Topliss-reactive ketones (excluding diaryl/α,β-unsaturated/α-hetero) is 1. The van der Waals surface area contributed by atoms with E-state index in [1.54, 1.807) is 24.4 Å². The van der Waals surface area contributed by atoms with Gasteiger partial charge in [-0.1, -0.05) is 18.2 Å². The fraction of sp³-hybridized carbons (Fsp3) is 0.0588. The highest BCUT2D eigenvalue weighted by molar-refractivity contribution is 9.10. The number of para-hydroxylation sites is 1. The number of halogens is 1. The summed E-state index contributed by atoms with van der Waals surface area (Å²) >= 11 is 3.35. The van der Waals surface area contributed by atoms with Crippen molar-refractivity contribution in [3.8, 4) is 0 Å². The maximum atomic E-state index is 12.4. The molecule has 1 heterocycles. The van der Waals surface area contributed by atoms with Gasteiger partial charge in [0.15, 0.2) is 5.78 Å². The monoisotopic (exact) mass is 340 g/mol. The van der Waals surface area contributed by atoms with Crippen LogP contribution >= 0.6 is 15.9 Å². The number of benzene rings is 2. The second-order valence-electron chi connectivity index (χ2n) is 4.82. The van der Waals surface area contributed by atoms with Crippen molar-refractivity contribution < 1.29 is 4.79 Å². The molecule has 0 unspecified atom stereocenters. The second kappa shape index (κ2) is 5.66. The maximum absolute atomic E-state index is 12.4. The number of ketones is 1. The van der Waals surface area contributed by atoms with Crippen LogP contribution in [-0.4, -0.2) is 10.8 Å². The van der Waals surface area contributed by atoms with Crippen LogP contribution in [0.2, 0.25) is 0 Å².